The fourth-order valence-corrected chi connectivity index (χ4v) is 1.49. The number of esters is 1. The number of alkyl carbamates (subject to hydrolysis) is 1. The summed E-state index contributed by atoms with van der Waals surface area (Å²) in [4.78, 5) is 27.0. The molecule has 0 aromatic carbocycles. The zero-order valence-corrected chi connectivity index (χ0v) is 12.4. The molecule has 1 aromatic rings. The Kier molecular flexibility index (Phi) is 5.07. The van der Waals surface area contributed by atoms with Crippen molar-refractivity contribution in [3.05, 3.63) is 29.1 Å². The predicted molar refractivity (Wildman–Crippen MR) is 73.4 cm³/mol. The van der Waals surface area contributed by atoms with Crippen LogP contribution in [0.1, 0.15) is 42.4 Å². The summed E-state index contributed by atoms with van der Waals surface area (Å²) in [5, 5.41) is 2.62. The van der Waals surface area contributed by atoms with Gasteiger partial charge in [0.05, 0.1) is 24.9 Å². The van der Waals surface area contributed by atoms with Gasteiger partial charge in [-0.25, -0.2) is 9.59 Å². The van der Waals surface area contributed by atoms with Gasteiger partial charge in [0.1, 0.15) is 5.60 Å². The van der Waals surface area contributed by atoms with E-state index in [0.29, 0.717) is 11.3 Å². The zero-order valence-electron chi connectivity index (χ0n) is 12.4. The summed E-state index contributed by atoms with van der Waals surface area (Å²) in [6.07, 6.45) is 0.918. The number of carbonyl (C=O) groups is 2. The third-order valence-electron chi connectivity index (χ3n) is 2.41. The molecule has 0 aliphatic carbocycles. The van der Waals surface area contributed by atoms with Crippen molar-refractivity contribution in [2.75, 3.05) is 7.11 Å². The third-order valence-corrected chi connectivity index (χ3v) is 2.41. The summed E-state index contributed by atoms with van der Waals surface area (Å²) in [5.41, 5.74) is 1.31. The largest absolute Gasteiger partial charge is 0.465 e. The van der Waals surface area contributed by atoms with E-state index < -0.39 is 17.7 Å². The van der Waals surface area contributed by atoms with Gasteiger partial charge in [-0.15, -0.1) is 0 Å². The van der Waals surface area contributed by atoms with Crippen LogP contribution >= 0.6 is 0 Å². The second kappa shape index (κ2) is 6.36. The quantitative estimate of drug-likeness (QED) is 0.859. The Morgan fingerprint density at radius 3 is 2.50 bits per heavy atom. The molecule has 6 nitrogen and oxygen atoms in total. The van der Waals surface area contributed by atoms with E-state index in [0.717, 1.165) is 5.56 Å². The lowest BCUT2D eigenvalue weighted by Crippen LogP contribution is -2.32. The van der Waals surface area contributed by atoms with E-state index in [9.17, 15) is 9.59 Å². The summed E-state index contributed by atoms with van der Waals surface area (Å²) < 4.78 is 9.74. The highest BCUT2D eigenvalue weighted by Crippen LogP contribution is 2.10. The van der Waals surface area contributed by atoms with Gasteiger partial charge >= 0.3 is 12.1 Å². The average Bonchev–Trinajstić information content (AvgIpc) is 2.34. The number of ether oxygens (including phenoxy) is 2. The van der Waals surface area contributed by atoms with Crippen molar-refractivity contribution in [2.45, 2.75) is 39.8 Å². The van der Waals surface area contributed by atoms with Gasteiger partial charge in [0.2, 0.25) is 0 Å². The normalized spacial score (nSPS) is 10.8. The molecule has 0 saturated carbocycles. The van der Waals surface area contributed by atoms with Crippen molar-refractivity contribution >= 4 is 12.1 Å². The maximum Gasteiger partial charge on any atom is 0.407 e. The lowest BCUT2D eigenvalue weighted by atomic mass is 10.1. The van der Waals surface area contributed by atoms with E-state index in [-0.39, 0.29) is 6.54 Å². The zero-order chi connectivity index (χ0) is 15.3. The minimum Gasteiger partial charge on any atom is -0.465 e. The van der Waals surface area contributed by atoms with E-state index in [4.69, 9.17) is 4.74 Å². The molecule has 0 radical (unpaired) electrons. The molecule has 1 rings (SSSR count). The summed E-state index contributed by atoms with van der Waals surface area (Å²) in [6.45, 7) is 7.43. The second-order valence-electron chi connectivity index (χ2n) is 5.33. The predicted octanol–water partition coefficient (Wildman–Crippen LogP) is 2.20. The van der Waals surface area contributed by atoms with Crippen LogP contribution in [0.4, 0.5) is 4.79 Å². The standard InChI is InChI=1S/C14H20N2O4/c1-9-6-10(12(17)19-5)7-15-11(9)8-16-13(18)20-14(2,3)4/h6-7H,8H2,1-5H3,(H,16,18). The van der Waals surface area contributed by atoms with Crippen LogP contribution in [-0.4, -0.2) is 29.8 Å². The minimum absolute atomic E-state index is 0.238. The molecular weight excluding hydrogens is 260 g/mol. The number of pyridine rings is 1. The van der Waals surface area contributed by atoms with Crippen LogP contribution in [0.15, 0.2) is 12.3 Å². The fraction of sp³-hybridized carbons (Fsp3) is 0.500. The molecular formula is C14H20N2O4. The van der Waals surface area contributed by atoms with Gasteiger partial charge < -0.3 is 14.8 Å². The minimum atomic E-state index is -0.540. The maximum absolute atomic E-state index is 11.5. The molecule has 1 heterocycles. The van der Waals surface area contributed by atoms with Crippen LogP contribution in [0.2, 0.25) is 0 Å². The molecule has 0 atom stereocenters. The molecule has 0 saturated heterocycles. The van der Waals surface area contributed by atoms with Gasteiger partial charge in [0.25, 0.3) is 0 Å². The number of rotatable bonds is 3. The molecule has 1 amide bonds. The Balaban J connectivity index is 2.66. The number of hydrogen-bond donors (Lipinski definition) is 1. The van der Waals surface area contributed by atoms with Gasteiger partial charge in [-0.2, -0.15) is 0 Å². The number of aryl methyl sites for hydroxylation is 1. The Hall–Kier alpha value is -2.11. The highest BCUT2D eigenvalue weighted by Gasteiger charge is 2.16. The first-order valence-electron chi connectivity index (χ1n) is 6.23. The number of hydrogen-bond acceptors (Lipinski definition) is 5. The molecule has 6 heteroatoms. The van der Waals surface area contributed by atoms with Crippen molar-refractivity contribution in [2.24, 2.45) is 0 Å². The molecule has 0 bridgehead atoms. The van der Waals surface area contributed by atoms with Gasteiger partial charge in [-0.05, 0) is 39.3 Å². The van der Waals surface area contributed by atoms with E-state index in [1.807, 2.05) is 6.92 Å². The molecule has 1 aromatic heterocycles. The first-order chi connectivity index (χ1) is 9.23. The van der Waals surface area contributed by atoms with Crippen molar-refractivity contribution in [3.8, 4) is 0 Å². The fourth-order valence-electron chi connectivity index (χ4n) is 1.49. The average molecular weight is 280 g/mol. The van der Waals surface area contributed by atoms with Crippen LogP contribution in [0.25, 0.3) is 0 Å². The summed E-state index contributed by atoms with van der Waals surface area (Å²) >= 11 is 0. The van der Waals surface area contributed by atoms with Crippen LogP contribution < -0.4 is 5.32 Å². The summed E-state index contributed by atoms with van der Waals surface area (Å²) in [5.74, 6) is -0.438. The van der Waals surface area contributed by atoms with Crippen molar-refractivity contribution in [1.29, 1.82) is 0 Å². The Morgan fingerprint density at radius 2 is 2.00 bits per heavy atom. The first kappa shape index (κ1) is 15.9. The van der Waals surface area contributed by atoms with E-state index in [2.05, 4.69) is 15.0 Å². The number of aromatic nitrogens is 1. The number of methoxy groups -OCH3 is 1. The first-order valence-corrected chi connectivity index (χ1v) is 6.23. The lowest BCUT2D eigenvalue weighted by molar-refractivity contribution is 0.0521. The molecule has 110 valence electrons. The van der Waals surface area contributed by atoms with E-state index >= 15 is 0 Å². The molecule has 0 spiro atoms. The monoisotopic (exact) mass is 280 g/mol. The smallest absolute Gasteiger partial charge is 0.407 e. The molecule has 0 aliphatic rings. The van der Waals surface area contributed by atoms with E-state index in [1.165, 1.54) is 13.3 Å². The second-order valence-corrected chi connectivity index (χ2v) is 5.33. The van der Waals surface area contributed by atoms with Gasteiger partial charge in [0.15, 0.2) is 0 Å². The molecule has 0 unspecified atom stereocenters. The van der Waals surface area contributed by atoms with Gasteiger partial charge in [0, 0.05) is 6.20 Å². The Labute approximate surface area is 118 Å². The van der Waals surface area contributed by atoms with Crippen LogP contribution in [-0.2, 0) is 16.0 Å². The topological polar surface area (TPSA) is 77.5 Å². The Morgan fingerprint density at radius 1 is 1.35 bits per heavy atom. The summed E-state index contributed by atoms with van der Waals surface area (Å²) in [7, 11) is 1.32. The highest BCUT2D eigenvalue weighted by atomic mass is 16.6. The van der Waals surface area contributed by atoms with Crippen LogP contribution in [0, 0.1) is 6.92 Å². The SMILES string of the molecule is COC(=O)c1cnc(CNC(=O)OC(C)(C)C)c(C)c1. The van der Waals surface area contributed by atoms with Crippen molar-refractivity contribution < 1.29 is 19.1 Å². The van der Waals surface area contributed by atoms with Gasteiger partial charge in [-0.3, -0.25) is 4.98 Å². The molecule has 20 heavy (non-hydrogen) atoms. The maximum atomic E-state index is 11.5. The molecule has 0 fully saturated rings. The highest BCUT2D eigenvalue weighted by molar-refractivity contribution is 5.89. The third kappa shape index (κ3) is 4.87. The van der Waals surface area contributed by atoms with Crippen LogP contribution in [0.3, 0.4) is 0 Å². The van der Waals surface area contributed by atoms with Crippen LogP contribution in [0.5, 0.6) is 0 Å². The lowest BCUT2D eigenvalue weighted by Gasteiger charge is -2.19. The number of nitrogens with one attached hydrogen (secondary N) is 1. The number of carbonyl (C=O) groups excluding carboxylic acids is 2. The number of nitrogens with zero attached hydrogens (tertiary/aromatic N) is 1. The molecule has 1 N–H and O–H groups in total. The Bertz CT molecular complexity index is 506. The number of amides is 1. The van der Waals surface area contributed by atoms with Crippen molar-refractivity contribution in [1.82, 2.24) is 10.3 Å². The van der Waals surface area contributed by atoms with E-state index in [1.54, 1.807) is 26.8 Å². The summed E-state index contributed by atoms with van der Waals surface area (Å²) in [6, 6.07) is 1.67. The van der Waals surface area contributed by atoms with Crippen molar-refractivity contribution in [3.63, 3.8) is 0 Å². The molecule has 0 aliphatic heterocycles. The van der Waals surface area contributed by atoms with Gasteiger partial charge in [-0.1, -0.05) is 0 Å².